The highest BCUT2D eigenvalue weighted by Gasteiger charge is 2.14. The zero-order valence-corrected chi connectivity index (χ0v) is 11.7. The van der Waals surface area contributed by atoms with Crippen molar-refractivity contribution in [3.63, 3.8) is 0 Å². The largest absolute Gasteiger partial charge is 0.459 e. The van der Waals surface area contributed by atoms with E-state index in [0.29, 0.717) is 5.76 Å². The van der Waals surface area contributed by atoms with Crippen LogP contribution in [0.3, 0.4) is 0 Å². The molecule has 2 aromatic carbocycles. The first kappa shape index (κ1) is 13.2. The van der Waals surface area contributed by atoms with E-state index in [0.717, 1.165) is 22.4 Å². The molecule has 0 saturated carbocycles. The smallest absolute Gasteiger partial charge is 0.291 e. The Labute approximate surface area is 123 Å². The lowest BCUT2D eigenvalue weighted by atomic mass is 10.0. The first-order valence-electron chi connectivity index (χ1n) is 6.75. The quantitative estimate of drug-likeness (QED) is 0.765. The fraction of sp³-hybridized carbons (Fsp3) is 0.0556. The van der Waals surface area contributed by atoms with Crippen LogP contribution in [0.5, 0.6) is 0 Å². The van der Waals surface area contributed by atoms with Crippen molar-refractivity contribution in [1.82, 2.24) is 0 Å². The number of aryl methyl sites for hydroxylation is 1. The molecule has 1 heterocycles. The van der Waals surface area contributed by atoms with Gasteiger partial charge in [0.15, 0.2) is 5.76 Å². The third-order valence-electron chi connectivity index (χ3n) is 3.33. The monoisotopic (exact) mass is 277 g/mol. The molecule has 3 nitrogen and oxygen atoms in total. The standard InChI is InChI=1S/C18H15NO2/c1-13-11-12-21-17(13)18(20)19-16-10-6-5-9-15(16)14-7-3-2-4-8-14/h2-12H,1H3,(H,19,20). The van der Waals surface area contributed by atoms with Gasteiger partial charge in [-0.25, -0.2) is 0 Å². The molecule has 0 saturated heterocycles. The van der Waals surface area contributed by atoms with E-state index in [1.807, 2.05) is 61.5 Å². The van der Waals surface area contributed by atoms with E-state index < -0.39 is 0 Å². The maximum Gasteiger partial charge on any atom is 0.291 e. The number of amides is 1. The highest BCUT2D eigenvalue weighted by atomic mass is 16.3. The van der Waals surface area contributed by atoms with Crippen molar-refractivity contribution in [3.8, 4) is 11.1 Å². The second kappa shape index (κ2) is 5.67. The van der Waals surface area contributed by atoms with Gasteiger partial charge in [-0.2, -0.15) is 0 Å². The second-order valence-corrected chi connectivity index (χ2v) is 4.80. The molecule has 0 spiro atoms. The first-order valence-corrected chi connectivity index (χ1v) is 6.75. The molecule has 0 fully saturated rings. The molecule has 21 heavy (non-hydrogen) atoms. The van der Waals surface area contributed by atoms with Crippen molar-refractivity contribution in [2.75, 3.05) is 5.32 Å². The molecule has 3 heteroatoms. The van der Waals surface area contributed by atoms with E-state index in [9.17, 15) is 4.79 Å². The summed E-state index contributed by atoms with van der Waals surface area (Å²) in [5, 5.41) is 2.92. The molecule has 0 bridgehead atoms. The highest BCUT2D eigenvalue weighted by Crippen LogP contribution is 2.28. The van der Waals surface area contributed by atoms with Crippen molar-refractivity contribution in [2.45, 2.75) is 6.92 Å². The van der Waals surface area contributed by atoms with Crippen LogP contribution in [0.4, 0.5) is 5.69 Å². The van der Waals surface area contributed by atoms with Gasteiger partial charge in [-0.1, -0.05) is 48.5 Å². The van der Waals surface area contributed by atoms with Crippen molar-refractivity contribution in [3.05, 3.63) is 78.3 Å². The maximum atomic E-state index is 12.3. The number of hydrogen-bond acceptors (Lipinski definition) is 2. The van der Waals surface area contributed by atoms with Gasteiger partial charge in [0.1, 0.15) is 0 Å². The summed E-state index contributed by atoms with van der Waals surface area (Å²) in [6.45, 7) is 1.85. The molecule has 0 atom stereocenters. The lowest BCUT2D eigenvalue weighted by molar-refractivity contribution is 0.0996. The third kappa shape index (κ3) is 2.72. The summed E-state index contributed by atoms with van der Waals surface area (Å²) in [7, 11) is 0. The van der Waals surface area contributed by atoms with Gasteiger partial charge in [-0.15, -0.1) is 0 Å². The molecule has 0 aliphatic carbocycles. The van der Waals surface area contributed by atoms with Gasteiger partial charge in [0.25, 0.3) is 5.91 Å². The fourth-order valence-corrected chi connectivity index (χ4v) is 2.25. The molecule has 1 amide bonds. The number of carbonyl (C=O) groups excluding carboxylic acids is 1. The Bertz CT molecular complexity index is 760. The number of rotatable bonds is 3. The van der Waals surface area contributed by atoms with E-state index in [1.54, 1.807) is 6.07 Å². The lowest BCUT2D eigenvalue weighted by Crippen LogP contribution is -2.12. The van der Waals surface area contributed by atoms with Crippen molar-refractivity contribution in [1.29, 1.82) is 0 Å². The number of nitrogens with one attached hydrogen (secondary N) is 1. The van der Waals surface area contributed by atoms with Gasteiger partial charge in [-0.05, 0) is 24.6 Å². The number of hydrogen-bond donors (Lipinski definition) is 1. The van der Waals surface area contributed by atoms with Crippen molar-refractivity contribution in [2.24, 2.45) is 0 Å². The average molecular weight is 277 g/mol. The van der Waals surface area contributed by atoms with E-state index >= 15 is 0 Å². The number of anilines is 1. The minimum atomic E-state index is -0.235. The van der Waals surface area contributed by atoms with E-state index in [4.69, 9.17) is 4.42 Å². The molecular formula is C18H15NO2. The Morgan fingerprint density at radius 1 is 0.952 bits per heavy atom. The predicted octanol–water partition coefficient (Wildman–Crippen LogP) is 4.51. The minimum Gasteiger partial charge on any atom is -0.459 e. The van der Waals surface area contributed by atoms with Gasteiger partial charge < -0.3 is 9.73 Å². The third-order valence-corrected chi connectivity index (χ3v) is 3.33. The summed E-state index contributed by atoms with van der Waals surface area (Å²) < 4.78 is 5.23. The average Bonchev–Trinajstić information content (AvgIpc) is 2.95. The molecule has 3 aromatic rings. The molecule has 104 valence electrons. The molecule has 1 N–H and O–H groups in total. The van der Waals surface area contributed by atoms with Crippen LogP contribution in [-0.2, 0) is 0 Å². The zero-order valence-electron chi connectivity index (χ0n) is 11.7. The van der Waals surface area contributed by atoms with Gasteiger partial charge in [0, 0.05) is 16.8 Å². The van der Waals surface area contributed by atoms with E-state index in [-0.39, 0.29) is 5.91 Å². The van der Waals surface area contributed by atoms with Crippen molar-refractivity contribution >= 4 is 11.6 Å². The van der Waals surface area contributed by atoms with E-state index in [2.05, 4.69) is 5.32 Å². The van der Waals surface area contributed by atoms with Gasteiger partial charge in [0.2, 0.25) is 0 Å². The normalized spacial score (nSPS) is 10.3. The molecule has 0 unspecified atom stereocenters. The Hall–Kier alpha value is -2.81. The van der Waals surface area contributed by atoms with Crippen LogP contribution in [-0.4, -0.2) is 5.91 Å². The topological polar surface area (TPSA) is 42.2 Å². The molecule has 0 aliphatic heterocycles. The maximum absolute atomic E-state index is 12.3. The summed E-state index contributed by atoms with van der Waals surface area (Å²) in [5.41, 5.74) is 3.63. The van der Waals surface area contributed by atoms with Crippen LogP contribution in [0, 0.1) is 6.92 Å². The number of furan rings is 1. The van der Waals surface area contributed by atoms with Crippen molar-refractivity contribution < 1.29 is 9.21 Å². The van der Waals surface area contributed by atoms with Crippen LogP contribution in [0.25, 0.3) is 11.1 Å². The highest BCUT2D eigenvalue weighted by molar-refractivity contribution is 6.05. The molecule has 0 radical (unpaired) electrons. The Balaban J connectivity index is 1.94. The summed E-state index contributed by atoms with van der Waals surface area (Å²) in [6, 6.07) is 19.5. The predicted molar refractivity (Wildman–Crippen MR) is 83.3 cm³/mol. The van der Waals surface area contributed by atoms with Gasteiger partial charge >= 0.3 is 0 Å². The minimum absolute atomic E-state index is 0.235. The Kier molecular flexibility index (Phi) is 3.56. The summed E-state index contributed by atoms with van der Waals surface area (Å²) in [5.74, 6) is 0.110. The molecule has 1 aromatic heterocycles. The van der Waals surface area contributed by atoms with Crippen LogP contribution < -0.4 is 5.32 Å². The van der Waals surface area contributed by atoms with E-state index in [1.165, 1.54) is 6.26 Å². The second-order valence-electron chi connectivity index (χ2n) is 4.80. The number of benzene rings is 2. The Morgan fingerprint density at radius 3 is 2.38 bits per heavy atom. The molecule has 0 aliphatic rings. The first-order chi connectivity index (χ1) is 10.3. The number of para-hydroxylation sites is 1. The summed E-state index contributed by atoms with van der Waals surface area (Å²) in [6.07, 6.45) is 1.52. The van der Waals surface area contributed by atoms with Gasteiger partial charge in [-0.3, -0.25) is 4.79 Å². The summed E-state index contributed by atoms with van der Waals surface area (Å²) in [4.78, 5) is 12.3. The number of carbonyl (C=O) groups is 1. The SMILES string of the molecule is Cc1ccoc1C(=O)Nc1ccccc1-c1ccccc1. The van der Waals surface area contributed by atoms with Crippen LogP contribution >= 0.6 is 0 Å². The van der Waals surface area contributed by atoms with Crippen LogP contribution in [0.15, 0.2) is 71.3 Å². The lowest BCUT2D eigenvalue weighted by Gasteiger charge is -2.10. The summed E-state index contributed by atoms with van der Waals surface area (Å²) >= 11 is 0. The van der Waals surface area contributed by atoms with Crippen LogP contribution in [0.2, 0.25) is 0 Å². The van der Waals surface area contributed by atoms with Crippen LogP contribution in [0.1, 0.15) is 16.1 Å². The Morgan fingerprint density at radius 2 is 1.67 bits per heavy atom. The fourth-order valence-electron chi connectivity index (χ4n) is 2.25. The molecule has 3 rings (SSSR count). The molecular weight excluding hydrogens is 262 g/mol. The van der Waals surface area contributed by atoms with Gasteiger partial charge in [0.05, 0.1) is 6.26 Å². The zero-order chi connectivity index (χ0) is 14.7.